The van der Waals surface area contributed by atoms with E-state index in [1.807, 2.05) is 0 Å². The summed E-state index contributed by atoms with van der Waals surface area (Å²) in [6.07, 6.45) is -6.22. The maximum absolute atomic E-state index is 12.5. The number of phenolic OH excluding ortho intramolecular Hbond substituents is 4. The molecule has 12 heteroatoms. The Morgan fingerprint density at radius 1 is 0.875 bits per heavy atom. The van der Waals surface area contributed by atoms with Crippen LogP contribution < -0.4 is 10.2 Å². The average molecular weight is 450 g/mol. The zero-order chi connectivity index (χ0) is 23.3. The summed E-state index contributed by atoms with van der Waals surface area (Å²) < 4.78 is 15.9. The lowest BCUT2D eigenvalue weighted by molar-refractivity contribution is -0.242. The van der Waals surface area contributed by atoms with Crippen molar-refractivity contribution in [2.24, 2.45) is 0 Å². The lowest BCUT2D eigenvalue weighted by Gasteiger charge is -2.35. The highest BCUT2D eigenvalue weighted by molar-refractivity contribution is 5.88. The van der Waals surface area contributed by atoms with Crippen LogP contribution in [-0.4, -0.2) is 72.1 Å². The molecule has 1 aromatic heterocycles. The van der Waals surface area contributed by atoms with Crippen molar-refractivity contribution in [3.8, 4) is 45.8 Å². The van der Waals surface area contributed by atoms with Crippen molar-refractivity contribution < 1.29 is 54.7 Å². The van der Waals surface area contributed by atoms with Gasteiger partial charge in [0.1, 0.15) is 40.8 Å². The smallest absolute Gasteiger partial charge is 0.238 e. The largest absolute Gasteiger partial charge is 0.508 e. The molecule has 0 spiro atoms. The normalized spacial score (nSPS) is 23.3. The van der Waals surface area contributed by atoms with Gasteiger partial charge in [0, 0.05) is 17.7 Å². The second kappa shape index (κ2) is 7.76. The van der Waals surface area contributed by atoms with E-state index in [9.17, 15) is 45.6 Å². The number of aliphatic hydroxyl groups is 3. The standard InChI is InChI=1S/C20H18O12/c21-7-3-8(22)13-11(4-7)31-19(17(28)16(13)27)6-1-9(23)14(25)12(2-6)32-20-18(29)15(26)10(24)5-30-20/h1-4,10,15,18,20-26,28-29H,5H2/t10-,15+,18-,20+/m0/s1. The lowest BCUT2D eigenvalue weighted by Crippen LogP contribution is -2.54. The molecule has 1 fully saturated rings. The number of hydrogen-bond donors (Lipinski definition) is 8. The first-order chi connectivity index (χ1) is 15.1. The summed E-state index contributed by atoms with van der Waals surface area (Å²) in [7, 11) is 0. The van der Waals surface area contributed by atoms with Crippen LogP contribution in [0.4, 0.5) is 0 Å². The Morgan fingerprint density at radius 2 is 1.59 bits per heavy atom. The second-order valence-electron chi connectivity index (χ2n) is 7.16. The van der Waals surface area contributed by atoms with Crippen molar-refractivity contribution in [2.75, 3.05) is 6.61 Å². The quantitative estimate of drug-likeness (QED) is 0.244. The van der Waals surface area contributed by atoms with Crippen molar-refractivity contribution in [3.63, 3.8) is 0 Å². The predicted octanol–water partition coefficient (Wildman–Crippen LogP) is -0.194. The molecule has 12 nitrogen and oxygen atoms in total. The Morgan fingerprint density at radius 3 is 2.31 bits per heavy atom. The topological polar surface area (TPSA) is 211 Å². The number of ether oxygens (including phenoxy) is 2. The van der Waals surface area contributed by atoms with Crippen molar-refractivity contribution in [3.05, 3.63) is 34.5 Å². The van der Waals surface area contributed by atoms with Crippen LogP contribution in [0.2, 0.25) is 0 Å². The van der Waals surface area contributed by atoms with Gasteiger partial charge in [-0.3, -0.25) is 4.79 Å². The van der Waals surface area contributed by atoms with Gasteiger partial charge in [0.2, 0.25) is 23.2 Å². The summed E-state index contributed by atoms with van der Waals surface area (Å²) in [5.41, 5.74) is -1.48. The second-order valence-corrected chi connectivity index (χ2v) is 7.16. The van der Waals surface area contributed by atoms with Crippen LogP contribution in [0.25, 0.3) is 22.3 Å². The Kier molecular flexibility index (Phi) is 5.22. The highest BCUT2D eigenvalue weighted by Crippen LogP contribution is 2.43. The third kappa shape index (κ3) is 3.50. The van der Waals surface area contributed by atoms with Gasteiger partial charge in [-0.1, -0.05) is 0 Å². The summed E-state index contributed by atoms with van der Waals surface area (Å²) in [6, 6.07) is 3.88. The molecule has 0 radical (unpaired) electrons. The number of hydrogen-bond acceptors (Lipinski definition) is 12. The zero-order valence-electron chi connectivity index (χ0n) is 16.0. The van der Waals surface area contributed by atoms with Gasteiger partial charge in [-0.2, -0.15) is 0 Å². The van der Waals surface area contributed by atoms with Crippen LogP contribution >= 0.6 is 0 Å². The molecule has 0 bridgehead atoms. The number of aromatic hydroxyl groups is 5. The maximum Gasteiger partial charge on any atom is 0.238 e. The van der Waals surface area contributed by atoms with E-state index < -0.39 is 75.7 Å². The number of rotatable bonds is 3. The minimum Gasteiger partial charge on any atom is -0.508 e. The van der Waals surface area contributed by atoms with Gasteiger partial charge in [-0.25, -0.2) is 0 Å². The summed E-state index contributed by atoms with van der Waals surface area (Å²) in [4.78, 5) is 12.5. The molecule has 0 amide bonds. The number of aliphatic hydroxyl groups excluding tert-OH is 3. The average Bonchev–Trinajstić information content (AvgIpc) is 2.73. The highest BCUT2D eigenvalue weighted by atomic mass is 16.7. The molecule has 4 atom stereocenters. The molecule has 1 saturated heterocycles. The summed E-state index contributed by atoms with van der Waals surface area (Å²) in [5, 5.41) is 79.0. The third-order valence-corrected chi connectivity index (χ3v) is 4.95. The van der Waals surface area contributed by atoms with Crippen molar-refractivity contribution >= 4 is 11.0 Å². The van der Waals surface area contributed by atoms with Gasteiger partial charge in [0.05, 0.1) is 6.61 Å². The molecule has 0 saturated carbocycles. The van der Waals surface area contributed by atoms with Crippen LogP contribution in [0.15, 0.2) is 33.5 Å². The van der Waals surface area contributed by atoms with Gasteiger partial charge in [-0.15, -0.1) is 0 Å². The Bertz CT molecular complexity index is 1250. The fourth-order valence-electron chi connectivity index (χ4n) is 3.29. The van der Waals surface area contributed by atoms with Crippen LogP contribution in [0.5, 0.6) is 34.5 Å². The molecular weight excluding hydrogens is 432 g/mol. The molecule has 4 rings (SSSR count). The van der Waals surface area contributed by atoms with Gasteiger partial charge in [0.25, 0.3) is 0 Å². The number of phenols is 4. The minimum atomic E-state index is -1.71. The fourth-order valence-corrected chi connectivity index (χ4v) is 3.29. The van der Waals surface area contributed by atoms with E-state index in [0.29, 0.717) is 0 Å². The van der Waals surface area contributed by atoms with Crippen LogP contribution in [-0.2, 0) is 4.74 Å². The van der Waals surface area contributed by atoms with E-state index in [4.69, 9.17) is 13.9 Å². The van der Waals surface area contributed by atoms with E-state index in [0.717, 1.165) is 24.3 Å². The minimum absolute atomic E-state index is 0.166. The summed E-state index contributed by atoms with van der Waals surface area (Å²) in [6.45, 7) is -0.386. The molecular formula is C20H18O12. The molecule has 0 aliphatic carbocycles. The van der Waals surface area contributed by atoms with Crippen molar-refractivity contribution in [1.29, 1.82) is 0 Å². The molecule has 32 heavy (non-hydrogen) atoms. The Balaban J connectivity index is 1.81. The molecule has 3 aromatic rings. The lowest BCUT2D eigenvalue weighted by atomic mass is 10.1. The number of fused-ring (bicyclic) bond motifs is 1. The van der Waals surface area contributed by atoms with Crippen molar-refractivity contribution in [2.45, 2.75) is 24.6 Å². The monoisotopic (exact) mass is 450 g/mol. The van der Waals surface area contributed by atoms with E-state index >= 15 is 0 Å². The van der Waals surface area contributed by atoms with E-state index in [1.54, 1.807) is 0 Å². The first-order valence-electron chi connectivity index (χ1n) is 9.19. The molecule has 1 aliphatic rings. The maximum atomic E-state index is 12.5. The van der Waals surface area contributed by atoms with Crippen LogP contribution in [0.3, 0.4) is 0 Å². The fraction of sp³-hybridized carbons (Fsp3) is 0.250. The van der Waals surface area contributed by atoms with Crippen molar-refractivity contribution in [1.82, 2.24) is 0 Å². The first-order valence-corrected chi connectivity index (χ1v) is 9.19. The molecule has 0 unspecified atom stereocenters. The Hall–Kier alpha value is -3.71. The highest BCUT2D eigenvalue weighted by Gasteiger charge is 2.39. The first kappa shape index (κ1) is 21.5. The van der Waals surface area contributed by atoms with E-state index in [2.05, 4.69) is 0 Å². The molecule has 170 valence electrons. The predicted molar refractivity (Wildman–Crippen MR) is 105 cm³/mol. The van der Waals surface area contributed by atoms with E-state index in [1.165, 1.54) is 0 Å². The van der Waals surface area contributed by atoms with Gasteiger partial charge in [-0.05, 0) is 12.1 Å². The van der Waals surface area contributed by atoms with Crippen LogP contribution in [0.1, 0.15) is 0 Å². The van der Waals surface area contributed by atoms with Gasteiger partial charge in [0.15, 0.2) is 17.3 Å². The third-order valence-electron chi connectivity index (χ3n) is 4.95. The number of benzene rings is 2. The van der Waals surface area contributed by atoms with E-state index in [-0.39, 0.29) is 17.8 Å². The van der Waals surface area contributed by atoms with Gasteiger partial charge < -0.3 is 54.7 Å². The SMILES string of the molecule is O=c1c(O)c(-c2cc(O)c(O)c(O[C@H]3OC[C@H](O)[C@@H](O)[C@@H]3O)c2)oc2cc(O)cc(O)c12. The van der Waals surface area contributed by atoms with Gasteiger partial charge >= 0.3 is 0 Å². The summed E-state index contributed by atoms with van der Waals surface area (Å²) in [5.74, 6) is -4.51. The molecule has 8 N–H and O–H groups in total. The molecule has 1 aliphatic heterocycles. The molecule has 2 aromatic carbocycles. The summed E-state index contributed by atoms with van der Waals surface area (Å²) >= 11 is 0. The Labute approximate surface area is 178 Å². The van der Waals surface area contributed by atoms with Crippen LogP contribution in [0, 0.1) is 0 Å². The molecule has 2 heterocycles. The zero-order valence-corrected chi connectivity index (χ0v) is 16.0.